The molecule has 2 heterocycles. The molecule has 1 saturated heterocycles. The van der Waals surface area contributed by atoms with Gasteiger partial charge in [0.2, 0.25) is 0 Å². The number of aliphatic hydroxyl groups is 3. The number of hydrogen-bond acceptors (Lipinski definition) is 8. The van der Waals surface area contributed by atoms with Crippen LogP contribution >= 0.6 is 11.8 Å². The van der Waals surface area contributed by atoms with Gasteiger partial charge in [-0.1, -0.05) is 102 Å². The Morgan fingerprint density at radius 3 is 2.00 bits per heavy atom. The molecule has 9 heteroatoms. The third-order valence-electron chi connectivity index (χ3n) is 8.21. The minimum atomic E-state index is -2.75. The summed E-state index contributed by atoms with van der Waals surface area (Å²) in [7, 11) is 0. The number of ether oxygens (including phenoxy) is 1. The van der Waals surface area contributed by atoms with E-state index in [9.17, 15) is 29.7 Å². The van der Waals surface area contributed by atoms with Crippen molar-refractivity contribution in [1.29, 1.82) is 0 Å². The van der Waals surface area contributed by atoms with E-state index in [1.54, 1.807) is 42.5 Å². The topological polar surface area (TPSA) is 124 Å². The molecule has 0 bridgehead atoms. The normalized spacial score (nSPS) is 25.5. The SMILES string of the molecule is Cc1ccc(S[C@@H]2O[C@H](C(O)Cc3ccccc3)[C@@H](O)[C@@](O)(C(=O)c3ccccc3)[C@@H]2N2C(=O)c3ccccc3C2=O)cc1. The molecule has 8 nitrogen and oxygen atoms in total. The first-order valence-electron chi connectivity index (χ1n) is 14.3. The first-order valence-corrected chi connectivity index (χ1v) is 15.2. The molecule has 44 heavy (non-hydrogen) atoms. The second-order valence-corrected chi connectivity index (χ2v) is 12.3. The van der Waals surface area contributed by atoms with E-state index in [0.29, 0.717) is 4.90 Å². The highest BCUT2D eigenvalue weighted by Crippen LogP contribution is 2.45. The van der Waals surface area contributed by atoms with Gasteiger partial charge in [0, 0.05) is 16.9 Å². The quantitative estimate of drug-likeness (QED) is 0.202. The maximum Gasteiger partial charge on any atom is 0.262 e. The number of amides is 2. The third kappa shape index (κ3) is 5.27. The summed E-state index contributed by atoms with van der Waals surface area (Å²) >= 11 is 1.09. The Morgan fingerprint density at radius 1 is 0.864 bits per heavy atom. The summed E-state index contributed by atoms with van der Waals surface area (Å²) in [6.45, 7) is 1.93. The number of carbonyl (C=O) groups is 3. The lowest BCUT2D eigenvalue weighted by atomic mass is 9.75. The highest BCUT2D eigenvalue weighted by Gasteiger charge is 2.65. The molecule has 4 aromatic rings. The predicted molar refractivity (Wildman–Crippen MR) is 164 cm³/mol. The van der Waals surface area contributed by atoms with Crippen molar-refractivity contribution in [3.63, 3.8) is 0 Å². The number of Topliss-reactive ketones (excluding diaryl/α,β-unsaturated/α-hetero) is 1. The van der Waals surface area contributed by atoms with Crippen LogP contribution in [0.1, 0.15) is 42.2 Å². The van der Waals surface area contributed by atoms with Gasteiger partial charge in [0.15, 0.2) is 11.4 Å². The van der Waals surface area contributed by atoms with Crippen molar-refractivity contribution in [2.75, 3.05) is 0 Å². The second kappa shape index (κ2) is 12.1. The minimum Gasteiger partial charge on any atom is -0.390 e. The third-order valence-corrected chi connectivity index (χ3v) is 9.35. The summed E-state index contributed by atoms with van der Waals surface area (Å²) in [4.78, 5) is 43.5. The molecule has 2 aliphatic rings. The Labute approximate surface area is 258 Å². The number of hydrogen-bond donors (Lipinski definition) is 3. The van der Waals surface area contributed by atoms with Gasteiger partial charge < -0.3 is 20.1 Å². The molecule has 0 aliphatic carbocycles. The number of carbonyl (C=O) groups excluding carboxylic acids is 3. The summed E-state index contributed by atoms with van der Waals surface area (Å²) < 4.78 is 6.37. The fourth-order valence-electron chi connectivity index (χ4n) is 5.92. The predicted octanol–water partition coefficient (Wildman–Crippen LogP) is 4.06. The molecule has 0 saturated carbocycles. The van der Waals surface area contributed by atoms with Gasteiger partial charge in [-0.05, 0) is 36.8 Å². The summed E-state index contributed by atoms with van der Waals surface area (Å²) in [6.07, 6.45) is -4.77. The molecule has 0 spiro atoms. The summed E-state index contributed by atoms with van der Waals surface area (Å²) in [6, 6.07) is 28.9. The van der Waals surface area contributed by atoms with Gasteiger partial charge in [-0.15, -0.1) is 0 Å². The van der Waals surface area contributed by atoms with Crippen LogP contribution in [0.15, 0.2) is 114 Å². The van der Waals surface area contributed by atoms with E-state index in [4.69, 9.17) is 4.74 Å². The molecule has 224 valence electrons. The van der Waals surface area contributed by atoms with E-state index in [1.807, 2.05) is 49.4 Å². The summed E-state index contributed by atoms with van der Waals surface area (Å²) in [5.74, 6) is -2.34. The average molecular weight is 610 g/mol. The monoisotopic (exact) mass is 609 g/mol. The van der Waals surface area contributed by atoms with Crippen molar-refractivity contribution >= 4 is 29.4 Å². The number of nitrogens with zero attached hydrogens (tertiary/aromatic N) is 1. The van der Waals surface area contributed by atoms with E-state index in [0.717, 1.165) is 27.8 Å². The molecule has 2 amide bonds. The number of rotatable bonds is 8. The Kier molecular flexibility index (Phi) is 8.24. The first-order chi connectivity index (χ1) is 21.2. The van der Waals surface area contributed by atoms with Crippen LogP contribution in [0, 0.1) is 6.92 Å². The van der Waals surface area contributed by atoms with E-state index in [-0.39, 0.29) is 23.1 Å². The van der Waals surface area contributed by atoms with Gasteiger partial charge in [-0.2, -0.15) is 0 Å². The second-order valence-electron chi connectivity index (χ2n) is 11.1. The van der Waals surface area contributed by atoms with Gasteiger partial charge in [0.25, 0.3) is 11.8 Å². The maximum absolute atomic E-state index is 14.3. The van der Waals surface area contributed by atoms with Gasteiger partial charge in [0.1, 0.15) is 23.7 Å². The zero-order valence-corrected chi connectivity index (χ0v) is 24.6. The van der Waals surface area contributed by atoms with Gasteiger partial charge in [0.05, 0.1) is 17.2 Å². The van der Waals surface area contributed by atoms with Crippen molar-refractivity contribution in [3.05, 3.63) is 137 Å². The standard InChI is InChI=1S/C35H31NO7S/c1-21-16-18-24(19-17-21)44-34-29(36-32(40)25-14-8-9-15-26(25)33(36)41)35(42,30(38)23-12-6-3-7-13-23)31(39)28(43-34)27(37)20-22-10-4-2-5-11-22/h2-19,27-29,31,34,37,39,42H,20H2,1H3/t27?,28-,29-,31-,34+,35+/m1/s1. The van der Waals surface area contributed by atoms with Crippen LogP contribution in [0.25, 0.3) is 0 Å². The molecular weight excluding hydrogens is 578 g/mol. The van der Waals surface area contributed by atoms with E-state index in [2.05, 4.69) is 0 Å². The number of fused-ring (bicyclic) bond motifs is 1. The van der Waals surface area contributed by atoms with Crippen molar-refractivity contribution in [2.24, 2.45) is 0 Å². The number of benzene rings is 4. The van der Waals surface area contributed by atoms with Crippen LogP contribution in [-0.4, -0.2) is 73.2 Å². The minimum absolute atomic E-state index is 0.0533. The Bertz CT molecular complexity index is 1650. The molecule has 4 aromatic carbocycles. The maximum atomic E-state index is 14.3. The van der Waals surface area contributed by atoms with Crippen molar-refractivity contribution in [1.82, 2.24) is 4.90 Å². The molecular formula is C35H31NO7S. The molecule has 2 aliphatic heterocycles. The van der Waals surface area contributed by atoms with E-state index in [1.165, 1.54) is 24.3 Å². The molecule has 1 unspecified atom stereocenters. The van der Waals surface area contributed by atoms with Gasteiger partial charge in [-0.25, -0.2) is 0 Å². The van der Waals surface area contributed by atoms with Gasteiger partial charge in [-0.3, -0.25) is 19.3 Å². The fourth-order valence-corrected chi connectivity index (χ4v) is 7.12. The van der Waals surface area contributed by atoms with Crippen LogP contribution in [0.2, 0.25) is 0 Å². The van der Waals surface area contributed by atoms with E-state index < -0.39 is 53.0 Å². The van der Waals surface area contributed by atoms with Crippen molar-refractivity contribution in [2.45, 2.75) is 53.6 Å². The smallest absolute Gasteiger partial charge is 0.262 e. The van der Waals surface area contributed by atoms with Crippen LogP contribution in [0.3, 0.4) is 0 Å². The van der Waals surface area contributed by atoms with E-state index >= 15 is 0 Å². The van der Waals surface area contributed by atoms with Crippen LogP contribution in [0.5, 0.6) is 0 Å². The number of imide groups is 1. The summed E-state index contributed by atoms with van der Waals surface area (Å²) in [5.41, 5.74) is -1.96. The Balaban J connectivity index is 1.50. The van der Waals surface area contributed by atoms with Crippen LogP contribution in [-0.2, 0) is 11.2 Å². The highest BCUT2D eigenvalue weighted by atomic mass is 32.2. The van der Waals surface area contributed by atoms with Crippen molar-refractivity contribution in [3.8, 4) is 0 Å². The molecule has 0 aromatic heterocycles. The molecule has 6 rings (SSSR count). The zero-order chi connectivity index (χ0) is 31.0. The summed E-state index contributed by atoms with van der Waals surface area (Å²) in [5, 5.41) is 36.0. The Hall–Kier alpha value is -4.12. The lowest BCUT2D eigenvalue weighted by Crippen LogP contribution is -2.75. The lowest BCUT2D eigenvalue weighted by Gasteiger charge is -2.52. The molecule has 1 fully saturated rings. The largest absolute Gasteiger partial charge is 0.390 e. The number of aryl methyl sites for hydroxylation is 1. The fraction of sp³-hybridized carbons (Fsp3) is 0.229. The van der Waals surface area contributed by atoms with Crippen molar-refractivity contribution < 1.29 is 34.4 Å². The van der Waals surface area contributed by atoms with Crippen LogP contribution < -0.4 is 0 Å². The number of thioether (sulfide) groups is 1. The highest BCUT2D eigenvalue weighted by molar-refractivity contribution is 7.99. The molecule has 6 atom stereocenters. The lowest BCUT2D eigenvalue weighted by molar-refractivity contribution is -0.225. The van der Waals surface area contributed by atoms with Gasteiger partial charge >= 0.3 is 0 Å². The van der Waals surface area contributed by atoms with Crippen LogP contribution in [0.4, 0.5) is 0 Å². The molecule has 3 N–H and O–H groups in total. The molecule has 0 radical (unpaired) electrons. The average Bonchev–Trinajstić information content (AvgIpc) is 3.29. The number of aliphatic hydroxyl groups excluding tert-OH is 2. The zero-order valence-electron chi connectivity index (χ0n) is 23.8. The Morgan fingerprint density at radius 2 is 1.41 bits per heavy atom. The number of ketones is 1. The first kappa shape index (κ1) is 29.9.